The van der Waals surface area contributed by atoms with Crippen molar-refractivity contribution in [2.24, 2.45) is 11.8 Å². The molecule has 1 aromatic heterocycles. The zero-order valence-electron chi connectivity index (χ0n) is 30.5. The first kappa shape index (κ1) is 37.9. The first-order chi connectivity index (χ1) is 22.7. The second-order valence-electron chi connectivity index (χ2n) is 13.6. The molecule has 5 nitrogen and oxygen atoms in total. The molecule has 4 aromatic rings. The number of para-hydroxylation sites is 2. The van der Waals surface area contributed by atoms with Crippen molar-refractivity contribution in [2.75, 3.05) is 6.54 Å². The number of rotatable bonds is 17. The maximum absolute atomic E-state index is 13.0. The average molecular weight is 640 g/mol. The van der Waals surface area contributed by atoms with Gasteiger partial charge in [-0.3, -0.25) is 4.79 Å². The van der Waals surface area contributed by atoms with Crippen LogP contribution in [-0.4, -0.2) is 22.4 Å². The number of imidazole rings is 1. The third-order valence-electron chi connectivity index (χ3n) is 9.18. The molecule has 0 aliphatic carbocycles. The number of ether oxygens (including phenoxy) is 1. The van der Waals surface area contributed by atoms with Crippen molar-refractivity contribution >= 4 is 16.9 Å². The van der Waals surface area contributed by atoms with Crippen molar-refractivity contribution in [3.05, 3.63) is 94.3 Å². The second kappa shape index (κ2) is 19.9. The van der Waals surface area contributed by atoms with Gasteiger partial charge in [-0.25, -0.2) is 4.98 Å². The average Bonchev–Trinajstić information content (AvgIpc) is 3.48. The third kappa shape index (κ3) is 12.2. The van der Waals surface area contributed by atoms with Gasteiger partial charge in [-0.2, -0.15) is 0 Å². The molecule has 0 saturated carbocycles. The van der Waals surface area contributed by atoms with Crippen LogP contribution in [0.5, 0.6) is 5.75 Å². The van der Waals surface area contributed by atoms with E-state index in [-0.39, 0.29) is 11.8 Å². The van der Waals surface area contributed by atoms with E-state index in [2.05, 4.69) is 96.0 Å². The van der Waals surface area contributed by atoms with E-state index in [9.17, 15) is 4.79 Å². The highest BCUT2D eigenvalue weighted by atomic mass is 16.5. The Balaban J connectivity index is 0.000000584. The van der Waals surface area contributed by atoms with Crippen LogP contribution in [0, 0.1) is 25.7 Å². The molecule has 47 heavy (non-hydrogen) atoms. The molecule has 1 unspecified atom stereocenters. The number of benzene rings is 3. The van der Waals surface area contributed by atoms with E-state index >= 15 is 0 Å². The molecule has 0 aliphatic heterocycles. The van der Waals surface area contributed by atoms with Gasteiger partial charge in [0.1, 0.15) is 18.2 Å². The molecule has 1 amide bonds. The van der Waals surface area contributed by atoms with Crippen molar-refractivity contribution in [2.45, 2.75) is 126 Å². The first-order valence-electron chi connectivity index (χ1n) is 18.2. The number of hydrogen-bond donors (Lipinski definition) is 2. The number of carbonyl (C=O) groups is 1. The quantitative estimate of drug-likeness (QED) is 0.113. The summed E-state index contributed by atoms with van der Waals surface area (Å²) in [6.07, 6.45) is 10.7. The minimum absolute atomic E-state index is 0.0537. The molecule has 1 atom stereocenters. The van der Waals surface area contributed by atoms with Crippen LogP contribution in [0.2, 0.25) is 0 Å². The zero-order chi connectivity index (χ0) is 34.2. The van der Waals surface area contributed by atoms with Gasteiger partial charge >= 0.3 is 0 Å². The smallest absolute Gasteiger partial charge is 0.251 e. The molecular weight excluding hydrogens is 578 g/mol. The van der Waals surface area contributed by atoms with E-state index in [0.717, 1.165) is 65.3 Å². The summed E-state index contributed by atoms with van der Waals surface area (Å²) in [4.78, 5) is 21.2. The SMILES string of the molecule is CCC(Cc1nc2ccccc2[nH]1)c1ccc(C(=O)NCCCC(C)C)cc1OCc1ccc(C)cc1C.CCCC(CC)CCC. The number of fused-ring (bicyclic) bond motifs is 1. The van der Waals surface area contributed by atoms with Crippen LogP contribution in [0.15, 0.2) is 60.7 Å². The lowest BCUT2D eigenvalue weighted by atomic mass is 9.91. The Bertz CT molecular complexity index is 1470. The van der Waals surface area contributed by atoms with Crippen LogP contribution >= 0.6 is 0 Å². The van der Waals surface area contributed by atoms with Crippen LogP contribution in [0.3, 0.4) is 0 Å². The van der Waals surface area contributed by atoms with Crippen molar-refractivity contribution < 1.29 is 9.53 Å². The fourth-order valence-corrected chi connectivity index (χ4v) is 6.29. The van der Waals surface area contributed by atoms with Gasteiger partial charge in [0.05, 0.1) is 11.0 Å². The lowest BCUT2D eigenvalue weighted by molar-refractivity contribution is 0.0952. The van der Waals surface area contributed by atoms with E-state index in [1.54, 1.807) is 0 Å². The van der Waals surface area contributed by atoms with Crippen LogP contribution in [0.4, 0.5) is 0 Å². The fourth-order valence-electron chi connectivity index (χ4n) is 6.29. The van der Waals surface area contributed by atoms with Crippen LogP contribution < -0.4 is 10.1 Å². The Kier molecular flexibility index (Phi) is 16.0. The number of amides is 1. The van der Waals surface area contributed by atoms with E-state index in [0.29, 0.717) is 24.6 Å². The highest BCUT2D eigenvalue weighted by molar-refractivity contribution is 5.94. The molecule has 0 saturated heterocycles. The lowest BCUT2D eigenvalue weighted by Gasteiger charge is -2.20. The van der Waals surface area contributed by atoms with Gasteiger partial charge in [-0.05, 0) is 91.8 Å². The molecule has 0 radical (unpaired) electrons. The lowest BCUT2D eigenvalue weighted by Crippen LogP contribution is -2.24. The van der Waals surface area contributed by atoms with Gasteiger partial charge in [0.25, 0.3) is 5.91 Å². The van der Waals surface area contributed by atoms with Crippen molar-refractivity contribution in [3.63, 3.8) is 0 Å². The number of hydrogen-bond acceptors (Lipinski definition) is 3. The number of aryl methyl sites for hydroxylation is 2. The molecule has 3 aromatic carbocycles. The maximum atomic E-state index is 13.0. The van der Waals surface area contributed by atoms with Gasteiger partial charge < -0.3 is 15.0 Å². The summed E-state index contributed by atoms with van der Waals surface area (Å²) in [5.74, 6) is 3.53. The molecule has 4 rings (SSSR count). The third-order valence-corrected chi connectivity index (χ3v) is 9.18. The van der Waals surface area contributed by atoms with E-state index in [1.165, 1.54) is 43.2 Å². The highest BCUT2D eigenvalue weighted by Crippen LogP contribution is 2.33. The Morgan fingerprint density at radius 3 is 2.28 bits per heavy atom. The summed E-state index contributed by atoms with van der Waals surface area (Å²) in [6.45, 7) is 18.8. The minimum Gasteiger partial charge on any atom is -0.489 e. The molecule has 0 spiro atoms. The first-order valence-corrected chi connectivity index (χ1v) is 18.2. The summed E-state index contributed by atoms with van der Waals surface area (Å²) in [7, 11) is 0. The predicted molar refractivity (Wildman–Crippen MR) is 200 cm³/mol. The molecule has 0 bridgehead atoms. The van der Waals surface area contributed by atoms with Gasteiger partial charge in [0.2, 0.25) is 0 Å². The number of carbonyl (C=O) groups excluding carboxylic acids is 1. The zero-order valence-corrected chi connectivity index (χ0v) is 30.5. The van der Waals surface area contributed by atoms with Crippen molar-refractivity contribution in [3.8, 4) is 5.75 Å². The second-order valence-corrected chi connectivity index (χ2v) is 13.6. The van der Waals surface area contributed by atoms with Crippen molar-refractivity contribution in [1.29, 1.82) is 0 Å². The predicted octanol–water partition coefficient (Wildman–Crippen LogP) is 11.3. The van der Waals surface area contributed by atoms with Gasteiger partial charge in [-0.1, -0.05) is 116 Å². The van der Waals surface area contributed by atoms with E-state index in [1.807, 2.05) is 30.3 Å². The Morgan fingerprint density at radius 1 is 0.894 bits per heavy atom. The Hall–Kier alpha value is -3.60. The highest BCUT2D eigenvalue weighted by Gasteiger charge is 2.20. The summed E-state index contributed by atoms with van der Waals surface area (Å²) in [5, 5.41) is 3.08. The van der Waals surface area contributed by atoms with Crippen LogP contribution in [0.1, 0.15) is 137 Å². The van der Waals surface area contributed by atoms with Crippen molar-refractivity contribution in [1.82, 2.24) is 15.3 Å². The number of aromatic nitrogens is 2. The fraction of sp³-hybridized carbons (Fsp3) is 0.524. The van der Waals surface area contributed by atoms with Crippen LogP contribution in [-0.2, 0) is 13.0 Å². The van der Waals surface area contributed by atoms with E-state index in [4.69, 9.17) is 9.72 Å². The molecule has 0 aliphatic rings. The Morgan fingerprint density at radius 2 is 1.64 bits per heavy atom. The topological polar surface area (TPSA) is 67.0 Å². The summed E-state index contributed by atoms with van der Waals surface area (Å²) < 4.78 is 6.46. The standard InChI is InChI=1S/C33H41N3O2.C9H20/c1-6-25(20-32-35-29-11-7-8-12-30(29)36-32)28-16-15-26(33(37)34-17-9-10-22(2)3)19-31(28)38-21-27-14-13-23(4)18-24(27)5;1-4-7-9(6-3)8-5-2/h7-8,11-16,18-19,22,25H,6,9-10,17,20-21H2,1-5H3,(H,34,37)(H,35,36);9H,4-8H2,1-3H3. The Labute approximate surface area is 285 Å². The summed E-state index contributed by atoms with van der Waals surface area (Å²) >= 11 is 0. The molecule has 1 heterocycles. The minimum atomic E-state index is -0.0537. The molecular formula is C42H61N3O2. The number of nitrogens with zero attached hydrogens (tertiary/aromatic N) is 1. The summed E-state index contributed by atoms with van der Waals surface area (Å²) in [6, 6.07) is 20.4. The largest absolute Gasteiger partial charge is 0.489 e. The molecule has 0 fully saturated rings. The van der Waals surface area contributed by atoms with Gasteiger partial charge in [0.15, 0.2) is 0 Å². The molecule has 2 N–H and O–H groups in total. The molecule has 5 heteroatoms. The summed E-state index contributed by atoms with van der Waals surface area (Å²) in [5.41, 5.74) is 7.36. The van der Waals surface area contributed by atoms with Gasteiger partial charge in [-0.15, -0.1) is 0 Å². The number of aromatic amines is 1. The number of nitrogens with one attached hydrogen (secondary N) is 2. The van der Waals surface area contributed by atoms with E-state index < -0.39 is 0 Å². The normalized spacial score (nSPS) is 11.9. The number of H-pyrrole nitrogens is 1. The maximum Gasteiger partial charge on any atom is 0.251 e. The molecule has 256 valence electrons. The monoisotopic (exact) mass is 639 g/mol. The van der Waals surface area contributed by atoms with Gasteiger partial charge in [0, 0.05) is 18.5 Å². The van der Waals surface area contributed by atoms with Crippen LogP contribution in [0.25, 0.3) is 11.0 Å².